The van der Waals surface area contributed by atoms with Crippen molar-refractivity contribution in [3.05, 3.63) is 53.5 Å². The molecule has 5 heteroatoms. The van der Waals surface area contributed by atoms with E-state index in [0.717, 1.165) is 43.9 Å². The SMILES string of the molecule is Cc1cc(CNC2CCCN(c3cccnn3)C2)ccc1F. The highest BCUT2D eigenvalue weighted by atomic mass is 19.1. The molecule has 2 heterocycles. The maximum atomic E-state index is 13.3. The third-order valence-corrected chi connectivity index (χ3v) is 4.12. The van der Waals surface area contributed by atoms with E-state index in [1.165, 1.54) is 0 Å². The molecule has 1 unspecified atom stereocenters. The highest BCUT2D eigenvalue weighted by Gasteiger charge is 2.20. The number of rotatable bonds is 4. The van der Waals surface area contributed by atoms with E-state index in [2.05, 4.69) is 20.4 Å². The van der Waals surface area contributed by atoms with Crippen LogP contribution in [-0.2, 0) is 6.54 Å². The first-order valence-electron chi connectivity index (χ1n) is 7.73. The number of halogens is 1. The predicted molar refractivity (Wildman–Crippen MR) is 85.2 cm³/mol. The van der Waals surface area contributed by atoms with Crippen LogP contribution in [0.4, 0.5) is 10.2 Å². The van der Waals surface area contributed by atoms with Crippen LogP contribution >= 0.6 is 0 Å². The number of anilines is 1. The van der Waals surface area contributed by atoms with E-state index in [1.54, 1.807) is 19.2 Å². The fraction of sp³-hybridized carbons (Fsp3) is 0.412. The van der Waals surface area contributed by atoms with Gasteiger partial charge in [-0.1, -0.05) is 12.1 Å². The monoisotopic (exact) mass is 300 g/mol. The molecule has 0 radical (unpaired) electrons. The lowest BCUT2D eigenvalue weighted by molar-refractivity contribution is 0.419. The molecule has 1 atom stereocenters. The molecule has 0 spiro atoms. The Hall–Kier alpha value is -2.01. The molecule has 0 bridgehead atoms. The minimum absolute atomic E-state index is 0.143. The average Bonchev–Trinajstić information content (AvgIpc) is 2.57. The average molecular weight is 300 g/mol. The van der Waals surface area contributed by atoms with E-state index in [-0.39, 0.29) is 5.82 Å². The Morgan fingerprint density at radius 2 is 2.27 bits per heavy atom. The molecule has 1 saturated heterocycles. The number of nitrogens with zero attached hydrogens (tertiary/aromatic N) is 3. The van der Waals surface area contributed by atoms with Crippen LogP contribution in [0.1, 0.15) is 24.0 Å². The molecule has 1 N–H and O–H groups in total. The molecule has 0 amide bonds. The lowest BCUT2D eigenvalue weighted by atomic mass is 10.0. The normalized spacial score (nSPS) is 18.5. The van der Waals surface area contributed by atoms with Crippen LogP contribution < -0.4 is 10.2 Å². The van der Waals surface area contributed by atoms with E-state index in [4.69, 9.17) is 0 Å². The first-order valence-corrected chi connectivity index (χ1v) is 7.73. The fourth-order valence-electron chi connectivity index (χ4n) is 2.89. The zero-order valence-electron chi connectivity index (χ0n) is 12.8. The number of hydrogen-bond acceptors (Lipinski definition) is 4. The van der Waals surface area contributed by atoms with E-state index in [0.29, 0.717) is 11.6 Å². The second kappa shape index (κ2) is 6.83. The van der Waals surface area contributed by atoms with E-state index in [9.17, 15) is 4.39 Å². The summed E-state index contributed by atoms with van der Waals surface area (Å²) < 4.78 is 13.3. The van der Waals surface area contributed by atoms with Gasteiger partial charge in [0.1, 0.15) is 5.82 Å². The Bertz CT molecular complexity index is 617. The molecule has 1 aromatic carbocycles. The zero-order valence-corrected chi connectivity index (χ0v) is 12.8. The summed E-state index contributed by atoms with van der Waals surface area (Å²) in [5.74, 6) is 0.793. The van der Waals surface area contributed by atoms with Crippen molar-refractivity contribution in [2.24, 2.45) is 0 Å². The van der Waals surface area contributed by atoms with Crippen molar-refractivity contribution < 1.29 is 4.39 Å². The quantitative estimate of drug-likeness (QED) is 0.942. The highest BCUT2D eigenvalue weighted by Crippen LogP contribution is 2.17. The molecule has 1 aromatic heterocycles. The molecule has 0 saturated carbocycles. The first kappa shape index (κ1) is 14.9. The standard InChI is InChI=1S/C17H21FN4/c1-13-10-14(6-7-16(13)18)11-19-15-4-3-9-22(12-15)17-5-2-8-20-21-17/h2,5-8,10,15,19H,3-4,9,11-12H2,1H3. The number of hydrogen-bond donors (Lipinski definition) is 1. The van der Waals surface area contributed by atoms with Gasteiger partial charge in [0.15, 0.2) is 5.82 Å². The van der Waals surface area contributed by atoms with Crippen LogP contribution in [0.25, 0.3) is 0 Å². The number of piperidine rings is 1. The van der Waals surface area contributed by atoms with Crippen molar-refractivity contribution in [1.82, 2.24) is 15.5 Å². The van der Waals surface area contributed by atoms with Gasteiger partial charge in [-0.2, -0.15) is 5.10 Å². The molecule has 4 nitrogen and oxygen atoms in total. The minimum atomic E-state index is -0.143. The van der Waals surface area contributed by atoms with Gasteiger partial charge in [0.05, 0.1) is 0 Å². The van der Waals surface area contributed by atoms with Crippen molar-refractivity contribution in [2.45, 2.75) is 32.4 Å². The van der Waals surface area contributed by atoms with Crippen LogP contribution in [0.5, 0.6) is 0 Å². The number of aryl methyl sites for hydroxylation is 1. The van der Waals surface area contributed by atoms with Crippen molar-refractivity contribution in [3.8, 4) is 0 Å². The minimum Gasteiger partial charge on any atom is -0.354 e. The lowest BCUT2D eigenvalue weighted by Gasteiger charge is -2.33. The molecule has 3 rings (SSSR count). The van der Waals surface area contributed by atoms with Gasteiger partial charge in [0, 0.05) is 31.9 Å². The Balaban J connectivity index is 1.57. The first-order chi connectivity index (χ1) is 10.7. The molecule has 116 valence electrons. The topological polar surface area (TPSA) is 41.0 Å². The summed E-state index contributed by atoms with van der Waals surface area (Å²) in [6.07, 6.45) is 3.98. The maximum Gasteiger partial charge on any atom is 0.151 e. The van der Waals surface area contributed by atoms with Gasteiger partial charge < -0.3 is 10.2 Å². The van der Waals surface area contributed by atoms with Gasteiger partial charge in [-0.25, -0.2) is 4.39 Å². The predicted octanol–water partition coefficient (Wildman–Crippen LogP) is 2.68. The molecule has 1 fully saturated rings. The third kappa shape index (κ3) is 3.60. The van der Waals surface area contributed by atoms with Crippen molar-refractivity contribution in [3.63, 3.8) is 0 Å². The van der Waals surface area contributed by atoms with Gasteiger partial charge >= 0.3 is 0 Å². The third-order valence-electron chi connectivity index (χ3n) is 4.12. The van der Waals surface area contributed by atoms with Gasteiger partial charge in [-0.3, -0.25) is 0 Å². The van der Waals surface area contributed by atoms with Gasteiger partial charge in [0.2, 0.25) is 0 Å². The Labute approximate surface area is 130 Å². The smallest absolute Gasteiger partial charge is 0.151 e. The summed E-state index contributed by atoms with van der Waals surface area (Å²) >= 11 is 0. The highest BCUT2D eigenvalue weighted by molar-refractivity contribution is 5.37. The summed E-state index contributed by atoms with van der Waals surface area (Å²) in [7, 11) is 0. The second-order valence-electron chi connectivity index (χ2n) is 5.83. The Kier molecular flexibility index (Phi) is 4.63. The summed E-state index contributed by atoms with van der Waals surface area (Å²) in [6.45, 7) is 4.51. The van der Waals surface area contributed by atoms with Crippen LogP contribution in [0, 0.1) is 12.7 Å². The summed E-state index contributed by atoms with van der Waals surface area (Å²) in [6, 6.07) is 9.63. The maximum absolute atomic E-state index is 13.3. The van der Waals surface area contributed by atoms with E-state index in [1.807, 2.05) is 24.3 Å². The second-order valence-corrected chi connectivity index (χ2v) is 5.83. The molecule has 22 heavy (non-hydrogen) atoms. The van der Waals surface area contributed by atoms with Gasteiger partial charge in [-0.15, -0.1) is 5.10 Å². The van der Waals surface area contributed by atoms with Crippen molar-refractivity contribution >= 4 is 5.82 Å². The molecular formula is C17H21FN4. The van der Waals surface area contributed by atoms with Crippen LogP contribution in [-0.4, -0.2) is 29.3 Å². The molecular weight excluding hydrogens is 279 g/mol. The molecule has 1 aliphatic heterocycles. The molecule has 2 aromatic rings. The zero-order chi connectivity index (χ0) is 15.4. The summed E-state index contributed by atoms with van der Waals surface area (Å²) in [5.41, 5.74) is 1.82. The van der Waals surface area contributed by atoms with Gasteiger partial charge in [-0.05, 0) is 49.1 Å². The number of aromatic nitrogens is 2. The largest absolute Gasteiger partial charge is 0.354 e. The van der Waals surface area contributed by atoms with Crippen LogP contribution in [0.2, 0.25) is 0 Å². The van der Waals surface area contributed by atoms with Crippen molar-refractivity contribution in [1.29, 1.82) is 0 Å². The Morgan fingerprint density at radius 1 is 1.36 bits per heavy atom. The summed E-state index contributed by atoms with van der Waals surface area (Å²) in [5, 5.41) is 11.7. The lowest BCUT2D eigenvalue weighted by Crippen LogP contribution is -2.45. The van der Waals surface area contributed by atoms with Crippen molar-refractivity contribution in [2.75, 3.05) is 18.0 Å². The number of nitrogens with one attached hydrogen (secondary N) is 1. The van der Waals surface area contributed by atoms with Crippen LogP contribution in [0.15, 0.2) is 36.5 Å². The number of benzene rings is 1. The van der Waals surface area contributed by atoms with E-state index < -0.39 is 0 Å². The molecule has 1 aliphatic rings. The fourth-order valence-corrected chi connectivity index (χ4v) is 2.89. The molecule has 0 aliphatic carbocycles. The Morgan fingerprint density at radius 3 is 3.05 bits per heavy atom. The van der Waals surface area contributed by atoms with Gasteiger partial charge in [0.25, 0.3) is 0 Å². The summed E-state index contributed by atoms with van der Waals surface area (Å²) in [4.78, 5) is 2.27. The van der Waals surface area contributed by atoms with E-state index >= 15 is 0 Å². The van der Waals surface area contributed by atoms with Crippen LogP contribution in [0.3, 0.4) is 0 Å².